The highest BCUT2D eigenvalue weighted by Gasteiger charge is 2.19. The Morgan fingerprint density at radius 2 is 1.91 bits per heavy atom. The maximum Gasteiger partial charge on any atom is 0.341 e. The molecule has 0 saturated heterocycles. The number of nitrogen functional groups attached to an aromatic ring is 1. The highest BCUT2D eigenvalue weighted by Crippen LogP contribution is 2.38. The van der Waals surface area contributed by atoms with Gasteiger partial charge in [0.05, 0.1) is 30.5 Å². The number of benzene rings is 2. The zero-order chi connectivity index (χ0) is 23.4. The summed E-state index contributed by atoms with van der Waals surface area (Å²) in [7, 11) is 2.68. The molecule has 0 aliphatic carbocycles. The molecule has 0 amide bonds. The number of halogens is 3. The number of aromatic carboxylic acids is 1. The van der Waals surface area contributed by atoms with Crippen LogP contribution in [0.2, 0.25) is 5.02 Å². The summed E-state index contributed by atoms with van der Waals surface area (Å²) in [6.07, 6.45) is 1.04. The summed E-state index contributed by atoms with van der Waals surface area (Å²) in [5, 5.41) is 12.2. The summed E-state index contributed by atoms with van der Waals surface area (Å²) in [4.78, 5) is 19.0. The van der Waals surface area contributed by atoms with Gasteiger partial charge in [-0.1, -0.05) is 11.6 Å². The van der Waals surface area contributed by atoms with Gasteiger partial charge in [0, 0.05) is 18.3 Å². The molecule has 1 heterocycles. The largest absolute Gasteiger partial charge is 0.496 e. The minimum Gasteiger partial charge on any atom is -0.496 e. The van der Waals surface area contributed by atoms with Crippen molar-refractivity contribution < 1.29 is 32.9 Å². The molecule has 0 aliphatic heterocycles. The molecule has 0 atom stereocenters. The van der Waals surface area contributed by atoms with Crippen LogP contribution in [0.3, 0.4) is 0 Å². The van der Waals surface area contributed by atoms with Crippen LogP contribution in [0, 0.1) is 11.6 Å². The molecule has 0 aliphatic rings. The number of carboxylic acid groups (broad SMARTS) is 1. The number of rotatable bonds is 8. The first kappa shape index (κ1) is 22.8. The van der Waals surface area contributed by atoms with Gasteiger partial charge in [-0.2, -0.15) is 4.98 Å². The number of hydrogen-bond acceptors (Lipinski definition) is 8. The zero-order valence-corrected chi connectivity index (χ0v) is 17.5. The van der Waals surface area contributed by atoms with E-state index in [0.29, 0.717) is 0 Å². The molecule has 32 heavy (non-hydrogen) atoms. The summed E-state index contributed by atoms with van der Waals surface area (Å²) >= 11 is 6.26. The van der Waals surface area contributed by atoms with E-state index in [-0.39, 0.29) is 50.9 Å². The molecule has 12 heteroatoms. The lowest BCUT2D eigenvalue weighted by Gasteiger charge is -2.16. The Morgan fingerprint density at radius 1 is 1.19 bits per heavy atom. The van der Waals surface area contributed by atoms with Crippen LogP contribution in [-0.2, 0) is 6.61 Å². The van der Waals surface area contributed by atoms with Crippen molar-refractivity contribution in [3.63, 3.8) is 0 Å². The lowest BCUT2D eigenvalue weighted by atomic mass is 10.2. The molecule has 4 N–H and O–H groups in total. The van der Waals surface area contributed by atoms with E-state index in [1.807, 2.05) is 0 Å². The topological polar surface area (TPSA) is 129 Å². The monoisotopic (exact) mass is 466 g/mol. The van der Waals surface area contributed by atoms with Gasteiger partial charge in [-0.05, 0) is 12.1 Å². The standard InChI is InChI=1S/C20H17ClF2N4O5/c1-30-14-4-3-12(22)17(23)10(14)8-32-16-6-13(11(21)5-15(16)31-2)26-18-9(19(28)29)7-25-20(24)27-18/h3-7H,8H2,1-2H3,(H,28,29)(H3,24,25,26,27). The lowest BCUT2D eigenvalue weighted by molar-refractivity contribution is 0.0697. The van der Waals surface area contributed by atoms with E-state index in [2.05, 4.69) is 15.3 Å². The number of anilines is 3. The van der Waals surface area contributed by atoms with E-state index in [0.717, 1.165) is 12.3 Å². The predicted molar refractivity (Wildman–Crippen MR) is 112 cm³/mol. The molecule has 0 radical (unpaired) electrons. The highest BCUT2D eigenvalue weighted by molar-refractivity contribution is 6.33. The Bertz CT molecular complexity index is 1180. The second-order valence-corrected chi connectivity index (χ2v) is 6.64. The van der Waals surface area contributed by atoms with Gasteiger partial charge in [-0.25, -0.2) is 18.6 Å². The van der Waals surface area contributed by atoms with Gasteiger partial charge in [0.15, 0.2) is 29.0 Å². The van der Waals surface area contributed by atoms with Crippen molar-refractivity contribution in [2.45, 2.75) is 6.61 Å². The summed E-state index contributed by atoms with van der Waals surface area (Å²) < 4.78 is 43.8. The maximum absolute atomic E-state index is 14.2. The number of hydrogen-bond donors (Lipinski definition) is 3. The first-order valence-corrected chi connectivity index (χ1v) is 9.27. The van der Waals surface area contributed by atoms with Crippen molar-refractivity contribution in [3.8, 4) is 17.2 Å². The van der Waals surface area contributed by atoms with Crippen molar-refractivity contribution in [3.05, 3.63) is 58.2 Å². The SMILES string of the molecule is COc1cc(Cl)c(Nc2nc(N)ncc2C(=O)O)cc1OCc1c(OC)ccc(F)c1F. The number of nitrogens with one attached hydrogen (secondary N) is 1. The molecule has 3 rings (SSSR count). The molecule has 0 fully saturated rings. The van der Waals surface area contributed by atoms with E-state index in [1.54, 1.807) is 0 Å². The molecule has 9 nitrogen and oxygen atoms in total. The smallest absolute Gasteiger partial charge is 0.341 e. The lowest BCUT2D eigenvalue weighted by Crippen LogP contribution is -2.09. The maximum atomic E-state index is 14.2. The predicted octanol–water partition coefficient (Wildman–Crippen LogP) is 4.03. The van der Waals surface area contributed by atoms with Crippen LogP contribution in [0.4, 0.5) is 26.2 Å². The fraction of sp³-hybridized carbons (Fsp3) is 0.150. The number of aromatic nitrogens is 2. The summed E-state index contributed by atoms with van der Waals surface area (Å²) in [5.41, 5.74) is 5.35. The van der Waals surface area contributed by atoms with Crippen molar-refractivity contribution in [1.82, 2.24) is 9.97 Å². The van der Waals surface area contributed by atoms with E-state index < -0.39 is 24.2 Å². The molecule has 2 aromatic carbocycles. The van der Waals surface area contributed by atoms with Gasteiger partial charge in [0.1, 0.15) is 17.9 Å². The first-order chi connectivity index (χ1) is 15.2. The number of carbonyl (C=O) groups is 1. The third-order valence-electron chi connectivity index (χ3n) is 4.29. The van der Waals surface area contributed by atoms with Gasteiger partial charge in [0.2, 0.25) is 5.95 Å². The second-order valence-electron chi connectivity index (χ2n) is 6.23. The number of nitrogens with two attached hydrogens (primary N) is 1. The quantitative estimate of drug-likeness (QED) is 0.450. The molecule has 3 aromatic rings. The number of ether oxygens (including phenoxy) is 3. The van der Waals surface area contributed by atoms with Crippen LogP contribution in [0.15, 0.2) is 30.5 Å². The Balaban J connectivity index is 1.96. The van der Waals surface area contributed by atoms with Crippen LogP contribution in [0.1, 0.15) is 15.9 Å². The van der Waals surface area contributed by atoms with Gasteiger partial charge in [-0.15, -0.1) is 0 Å². The Morgan fingerprint density at radius 3 is 2.56 bits per heavy atom. The van der Waals surface area contributed by atoms with Crippen molar-refractivity contribution >= 4 is 35.0 Å². The molecular formula is C20H17ClF2N4O5. The molecular weight excluding hydrogens is 450 g/mol. The minimum atomic E-state index is -1.29. The Hall–Kier alpha value is -3.86. The molecule has 0 unspecified atom stereocenters. The van der Waals surface area contributed by atoms with E-state index in [1.165, 1.54) is 32.4 Å². The van der Waals surface area contributed by atoms with Crippen LogP contribution in [-0.4, -0.2) is 35.3 Å². The molecule has 0 spiro atoms. The van der Waals surface area contributed by atoms with Gasteiger partial charge in [-0.3, -0.25) is 0 Å². The number of carboxylic acids is 1. The van der Waals surface area contributed by atoms with Crippen LogP contribution in [0.25, 0.3) is 0 Å². The normalized spacial score (nSPS) is 10.5. The van der Waals surface area contributed by atoms with Crippen LogP contribution in [0.5, 0.6) is 17.2 Å². The molecule has 0 saturated carbocycles. The van der Waals surface area contributed by atoms with Crippen molar-refractivity contribution in [2.24, 2.45) is 0 Å². The fourth-order valence-electron chi connectivity index (χ4n) is 2.73. The summed E-state index contributed by atoms with van der Waals surface area (Å²) in [5.74, 6) is -3.34. The minimum absolute atomic E-state index is 0.0951. The number of methoxy groups -OCH3 is 2. The van der Waals surface area contributed by atoms with E-state index in [9.17, 15) is 18.7 Å². The Kier molecular flexibility index (Phi) is 6.79. The van der Waals surface area contributed by atoms with E-state index in [4.69, 9.17) is 31.5 Å². The van der Waals surface area contributed by atoms with E-state index >= 15 is 0 Å². The average molecular weight is 467 g/mol. The fourth-order valence-corrected chi connectivity index (χ4v) is 2.93. The highest BCUT2D eigenvalue weighted by atomic mass is 35.5. The molecule has 168 valence electrons. The van der Waals surface area contributed by atoms with Crippen LogP contribution < -0.4 is 25.3 Å². The summed E-state index contributed by atoms with van der Waals surface area (Å²) in [6.45, 7) is -0.398. The average Bonchev–Trinajstić information content (AvgIpc) is 2.76. The van der Waals surface area contributed by atoms with Crippen molar-refractivity contribution in [2.75, 3.05) is 25.3 Å². The van der Waals surface area contributed by atoms with Crippen LogP contribution >= 0.6 is 11.6 Å². The molecule has 1 aromatic heterocycles. The third-order valence-corrected chi connectivity index (χ3v) is 4.60. The van der Waals surface area contributed by atoms with Crippen molar-refractivity contribution in [1.29, 1.82) is 0 Å². The first-order valence-electron chi connectivity index (χ1n) is 8.89. The van der Waals surface area contributed by atoms with Gasteiger partial charge < -0.3 is 30.4 Å². The Labute approximate surface area is 185 Å². The number of nitrogens with zero attached hydrogens (tertiary/aromatic N) is 2. The second kappa shape index (κ2) is 9.52. The third kappa shape index (κ3) is 4.72. The van der Waals surface area contributed by atoms with Gasteiger partial charge >= 0.3 is 5.97 Å². The van der Waals surface area contributed by atoms with Gasteiger partial charge in [0.25, 0.3) is 0 Å². The summed E-state index contributed by atoms with van der Waals surface area (Å²) in [6, 6.07) is 4.99. The zero-order valence-electron chi connectivity index (χ0n) is 16.8. The molecule has 0 bridgehead atoms.